The van der Waals surface area contributed by atoms with E-state index in [0.717, 1.165) is 30.4 Å². The van der Waals surface area contributed by atoms with Gasteiger partial charge in [-0.25, -0.2) is 0 Å². The zero-order valence-corrected chi connectivity index (χ0v) is 14.0. The predicted octanol–water partition coefficient (Wildman–Crippen LogP) is 2.70. The molecule has 5 nitrogen and oxygen atoms in total. The van der Waals surface area contributed by atoms with E-state index in [2.05, 4.69) is 22.9 Å². The minimum atomic E-state index is -0.200. The number of pyridine rings is 1. The normalized spacial score (nSPS) is 21.4. The van der Waals surface area contributed by atoms with E-state index < -0.39 is 0 Å². The van der Waals surface area contributed by atoms with Gasteiger partial charge in [0.1, 0.15) is 6.07 Å². The lowest BCUT2D eigenvalue weighted by Crippen LogP contribution is -2.41. The summed E-state index contributed by atoms with van der Waals surface area (Å²) in [7, 11) is 1.42. The summed E-state index contributed by atoms with van der Waals surface area (Å²) >= 11 is 0. The molecule has 2 aromatic rings. The van der Waals surface area contributed by atoms with Crippen molar-refractivity contribution in [3.8, 4) is 6.07 Å². The van der Waals surface area contributed by atoms with Gasteiger partial charge in [0.05, 0.1) is 24.7 Å². The van der Waals surface area contributed by atoms with E-state index >= 15 is 0 Å². The highest BCUT2D eigenvalue weighted by Crippen LogP contribution is 2.34. The van der Waals surface area contributed by atoms with Gasteiger partial charge in [-0.15, -0.1) is 0 Å². The second kappa shape index (κ2) is 6.98. The Morgan fingerprint density at radius 1 is 1.42 bits per heavy atom. The Balaban J connectivity index is 1.95. The van der Waals surface area contributed by atoms with Crippen LogP contribution >= 0.6 is 0 Å². The lowest BCUT2D eigenvalue weighted by atomic mass is 9.83. The number of benzene rings is 1. The third-order valence-electron chi connectivity index (χ3n) is 4.68. The van der Waals surface area contributed by atoms with Crippen molar-refractivity contribution in [3.05, 3.63) is 41.6 Å². The number of hydrogen-bond acceptors (Lipinski definition) is 5. The number of carbonyl (C=O) groups excluding carboxylic acids is 1. The van der Waals surface area contributed by atoms with Crippen molar-refractivity contribution < 1.29 is 9.53 Å². The average Bonchev–Trinajstić information content (AvgIpc) is 2.60. The number of nitriles is 1. The van der Waals surface area contributed by atoms with Crippen molar-refractivity contribution in [2.75, 3.05) is 26.7 Å². The van der Waals surface area contributed by atoms with Gasteiger partial charge in [0.15, 0.2) is 0 Å². The maximum Gasteiger partial charge on any atom is 0.319 e. The fourth-order valence-electron chi connectivity index (χ4n) is 3.70. The summed E-state index contributed by atoms with van der Waals surface area (Å²) in [6.45, 7) is 4.25. The molecular weight excluding hydrogens is 302 g/mol. The van der Waals surface area contributed by atoms with E-state index in [1.54, 1.807) is 6.20 Å². The summed E-state index contributed by atoms with van der Waals surface area (Å²) in [5.41, 5.74) is 2.57. The quantitative estimate of drug-likeness (QED) is 0.813. The van der Waals surface area contributed by atoms with Crippen molar-refractivity contribution >= 4 is 16.9 Å². The number of fused-ring (bicyclic) bond motifs is 1. The van der Waals surface area contributed by atoms with Gasteiger partial charge in [-0.05, 0) is 36.0 Å². The number of aromatic nitrogens is 1. The fraction of sp³-hybridized carbons (Fsp3) is 0.421. The summed E-state index contributed by atoms with van der Waals surface area (Å²) in [5.74, 6) is 0.614. The molecule has 1 aromatic heterocycles. The van der Waals surface area contributed by atoms with Gasteiger partial charge in [-0.3, -0.25) is 14.7 Å². The Bertz CT molecular complexity index is 797. The van der Waals surface area contributed by atoms with Crippen molar-refractivity contribution in [1.82, 2.24) is 9.88 Å². The second-order valence-electron chi connectivity index (χ2n) is 6.52. The number of rotatable bonds is 3. The highest BCUT2D eigenvalue weighted by atomic mass is 16.5. The van der Waals surface area contributed by atoms with Crippen LogP contribution in [0.5, 0.6) is 0 Å². The molecule has 2 atom stereocenters. The van der Waals surface area contributed by atoms with Gasteiger partial charge >= 0.3 is 5.97 Å². The molecule has 0 spiro atoms. The van der Waals surface area contributed by atoms with Crippen LogP contribution in [0.15, 0.2) is 30.5 Å². The van der Waals surface area contributed by atoms with Crippen molar-refractivity contribution in [1.29, 1.82) is 5.26 Å². The molecule has 0 aliphatic carbocycles. The number of nitrogens with zero attached hydrogens (tertiary/aromatic N) is 3. The number of piperidine rings is 1. The molecule has 3 rings (SSSR count). The molecule has 24 heavy (non-hydrogen) atoms. The van der Waals surface area contributed by atoms with Crippen LogP contribution in [0.3, 0.4) is 0 Å². The maximum absolute atomic E-state index is 11.6. The number of esters is 1. The van der Waals surface area contributed by atoms with Crippen LogP contribution in [0.2, 0.25) is 0 Å². The third-order valence-corrected chi connectivity index (χ3v) is 4.68. The average molecular weight is 323 g/mol. The van der Waals surface area contributed by atoms with Crippen molar-refractivity contribution in [2.24, 2.45) is 5.92 Å². The molecule has 0 saturated carbocycles. The minimum absolute atomic E-state index is 0.200. The third kappa shape index (κ3) is 3.24. The second-order valence-corrected chi connectivity index (χ2v) is 6.52. The SMILES string of the molecule is COC(=O)CN1CC(C)CC(c2ccc(C#N)c3ncccc23)C1. The first-order valence-electron chi connectivity index (χ1n) is 8.19. The van der Waals surface area contributed by atoms with Gasteiger partial charge in [0, 0.05) is 24.7 Å². The van der Waals surface area contributed by atoms with Crippen LogP contribution in [0, 0.1) is 17.2 Å². The number of methoxy groups -OCH3 is 1. The molecule has 1 fully saturated rings. The molecule has 5 heteroatoms. The number of carbonyl (C=O) groups is 1. The Kier molecular flexibility index (Phi) is 4.77. The Hall–Kier alpha value is -2.45. The topological polar surface area (TPSA) is 66.2 Å². The zero-order chi connectivity index (χ0) is 17.1. The van der Waals surface area contributed by atoms with Crippen LogP contribution in [0.4, 0.5) is 0 Å². The molecule has 1 aliphatic heterocycles. The van der Waals surface area contributed by atoms with Crippen LogP contribution in [-0.2, 0) is 9.53 Å². The van der Waals surface area contributed by atoms with Crippen LogP contribution in [0.25, 0.3) is 10.9 Å². The molecule has 0 N–H and O–H groups in total. The van der Waals surface area contributed by atoms with Crippen molar-refractivity contribution in [2.45, 2.75) is 19.3 Å². The molecule has 0 radical (unpaired) electrons. The molecule has 124 valence electrons. The van der Waals surface area contributed by atoms with Crippen LogP contribution in [0.1, 0.15) is 30.4 Å². The van der Waals surface area contributed by atoms with Gasteiger partial charge in [0.2, 0.25) is 0 Å². The molecule has 0 amide bonds. The Morgan fingerprint density at radius 2 is 2.25 bits per heavy atom. The number of ether oxygens (including phenoxy) is 1. The van der Waals surface area contributed by atoms with E-state index in [1.165, 1.54) is 12.7 Å². The van der Waals surface area contributed by atoms with E-state index in [1.807, 2.05) is 24.3 Å². The molecule has 0 bridgehead atoms. The minimum Gasteiger partial charge on any atom is -0.468 e. The highest BCUT2D eigenvalue weighted by molar-refractivity contribution is 5.87. The molecule has 2 heterocycles. The standard InChI is InChI=1S/C19H21N3O2/c1-13-8-15(11-22(10-13)12-18(23)24-2)16-6-5-14(9-20)19-17(16)4-3-7-21-19/h3-7,13,15H,8,10-12H2,1-2H3. The van der Waals surface area contributed by atoms with E-state index in [-0.39, 0.29) is 5.97 Å². The predicted molar refractivity (Wildman–Crippen MR) is 91.4 cm³/mol. The van der Waals surface area contributed by atoms with E-state index in [9.17, 15) is 10.1 Å². The molecule has 2 unspecified atom stereocenters. The molecule has 1 aliphatic rings. The molecule has 1 saturated heterocycles. The van der Waals surface area contributed by atoms with Crippen LogP contribution in [-0.4, -0.2) is 42.6 Å². The zero-order valence-electron chi connectivity index (χ0n) is 14.0. The molecule has 1 aromatic carbocycles. The smallest absolute Gasteiger partial charge is 0.319 e. The Labute approximate surface area is 141 Å². The number of likely N-dealkylation sites (tertiary alicyclic amines) is 1. The molecular formula is C19H21N3O2. The number of hydrogen-bond donors (Lipinski definition) is 0. The first-order valence-corrected chi connectivity index (χ1v) is 8.19. The summed E-state index contributed by atoms with van der Waals surface area (Å²) in [5, 5.41) is 10.3. The fourth-order valence-corrected chi connectivity index (χ4v) is 3.70. The monoisotopic (exact) mass is 323 g/mol. The summed E-state index contributed by atoms with van der Waals surface area (Å²) in [4.78, 5) is 18.2. The van der Waals surface area contributed by atoms with E-state index in [4.69, 9.17) is 4.74 Å². The van der Waals surface area contributed by atoms with Crippen LogP contribution < -0.4 is 0 Å². The first-order chi connectivity index (χ1) is 11.6. The largest absolute Gasteiger partial charge is 0.468 e. The first kappa shape index (κ1) is 16.4. The lowest BCUT2D eigenvalue weighted by molar-refractivity contribution is -0.142. The van der Waals surface area contributed by atoms with Crippen molar-refractivity contribution in [3.63, 3.8) is 0 Å². The van der Waals surface area contributed by atoms with Gasteiger partial charge in [-0.1, -0.05) is 19.1 Å². The maximum atomic E-state index is 11.6. The summed E-state index contributed by atoms with van der Waals surface area (Å²) in [6, 6.07) is 10.1. The summed E-state index contributed by atoms with van der Waals surface area (Å²) in [6.07, 6.45) is 2.79. The lowest BCUT2D eigenvalue weighted by Gasteiger charge is -2.36. The van der Waals surface area contributed by atoms with E-state index in [0.29, 0.717) is 23.9 Å². The van der Waals surface area contributed by atoms with Gasteiger partial charge < -0.3 is 4.74 Å². The highest BCUT2D eigenvalue weighted by Gasteiger charge is 2.28. The Morgan fingerprint density at radius 3 is 3.00 bits per heavy atom. The van der Waals surface area contributed by atoms with Gasteiger partial charge in [0.25, 0.3) is 0 Å². The summed E-state index contributed by atoms with van der Waals surface area (Å²) < 4.78 is 4.80. The van der Waals surface area contributed by atoms with Gasteiger partial charge in [-0.2, -0.15) is 5.26 Å².